The second-order valence-corrected chi connectivity index (χ2v) is 20.1. The Hall–Kier alpha value is -5.41. The van der Waals surface area contributed by atoms with Gasteiger partial charge in [-0.3, -0.25) is 0 Å². The van der Waals surface area contributed by atoms with Crippen LogP contribution in [0.25, 0.3) is 88.3 Å². The predicted octanol–water partition coefficient (Wildman–Crippen LogP) is 9.42. The summed E-state index contributed by atoms with van der Waals surface area (Å²) in [6, 6.07) is 70.5. The van der Waals surface area contributed by atoms with E-state index in [1.54, 1.807) is 8.79 Å². The summed E-state index contributed by atoms with van der Waals surface area (Å²) in [5, 5.41) is 5.18. The maximum absolute atomic E-state index is 2.51. The molecule has 2 heteroatoms. The average Bonchev–Trinajstić information content (AvgIpc) is 3.59. The molecule has 0 atom stereocenters. The first-order valence-electron chi connectivity index (χ1n) is 18.2. The van der Waals surface area contributed by atoms with Crippen LogP contribution in [0.15, 0.2) is 188 Å². The van der Waals surface area contributed by atoms with Crippen molar-refractivity contribution in [2.45, 2.75) is 0 Å². The van der Waals surface area contributed by atoms with Crippen LogP contribution in [0.4, 0.5) is 0 Å². The quantitative estimate of drug-likeness (QED) is 0.121. The Morgan fingerprint density at radius 2 is 0.808 bits per heavy atom. The number of hydrogen-bond donors (Lipinski definition) is 0. The summed E-state index contributed by atoms with van der Waals surface area (Å²) in [6.07, 6.45) is 0. The van der Waals surface area contributed by atoms with Gasteiger partial charge in [0.2, 0.25) is 0 Å². The summed E-state index contributed by atoms with van der Waals surface area (Å²) in [4.78, 5) is 0. The zero-order valence-corrected chi connectivity index (χ0v) is 36.3. The average molecular weight is 782 g/mol. The van der Waals surface area contributed by atoms with E-state index >= 15 is 0 Å². The molecule has 10 rings (SSSR count). The Morgan fingerprint density at radius 3 is 1.58 bits per heavy atom. The van der Waals surface area contributed by atoms with Gasteiger partial charge >= 0.3 is 321 Å². The van der Waals surface area contributed by atoms with Crippen molar-refractivity contribution >= 4 is 66.7 Å². The molecular formula is C50H36Ge2. The van der Waals surface area contributed by atoms with Gasteiger partial charge in [-0.05, 0) is 0 Å². The molecule has 1 aliphatic rings. The van der Waals surface area contributed by atoms with Crippen molar-refractivity contribution in [3.63, 3.8) is 0 Å². The molecule has 0 unspecified atom stereocenters. The van der Waals surface area contributed by atoms with E-state index in [-0.39, 0.29) is 0 Å². The first-order valence-corrected chi connectivity index (χ1v) is 23.3. The predicted molar refractivity (Wildman–Crippen MR) is 231 cm³/mol. The van der Waals surface area contributed by atoms with Crippen LogP contribution in [-0.4, -0.2) is 31.9 Å². The van der Waals surface area contributed by atoms with Crippen molar-refractivity contribution in [3.05, 3.63) is 188 Å². The number of hydrogen-bond acceptors (Lipinski definition) is 0. The van der Waals surface area contributed by atoms with E-state index in [0.717, 1.165) is 0 Å². The molecule has 52 heavy (non-hydrogen) atoms. The molecule has 0 nitrogen and oxygen atoms in total. The van der Waals surface area contributed by atoms with E-state index in [4.69, 9.17) is 0 Å². The van der Waals surface area contributed by atoms with Gasteiger partial charge in [0, 0.05) is 0 Å². The topological polar surface area (TPSA) is 0 Å². The van der Waals surface area contributed by atoms with Gasteiger partial charge in [0.15, 0.2) is 0 Å². The third-order valence-corrected chi connectivity index (χ3v) is 17.4. The second kappa shape index (κ2) is 13.0. The molecule has 0 aliphatic carbocycles. The Labute approximate surface area is 319 Å². The molecule has 9 aromatic carbocycles. The first-order chi connectivity index (χ1) is 25.7. The molecule has 9 aromatic rings. The molecular weight excluding hydrogens is 746 g/mol. The molecule has 0 N–H and O–H groups in total. The fourth-order valence-electron chi connectivity index (χ4n) is 8.67. The van der Waals surface area contributed by atoms with Crippen LogP contribution in [-0.2, 0) is 0 Å². The molecule has 0 aromatic heterocycles. The van der Waals surface area contributed by atoms with Gasteiger partial charge in [-0.1, -0.05) is 0 Å². The van der Waals surface area contributed by atoms with Crippen molar-refractivity contribution in [1.82, 2.24) is 0 Å². The fraction of sp³-hybridized carbons (Fsp3) is 0. The van der Waals surface area contributed by atoms with Gasteiger partial charge in [0.05, 0.1) is 0 Å². The molecule has 0 radical (unpaired) electrons. The van der Waals surface area contributed by atoms with Gasteiger partial charge < -0.3 is 0 Å². The van der Waals surface area contributed by atoms with Gasteiger partial charge in [-0.25, -0.2) is 0 Å². The second-order valence-electron chi connectivity index (χ2n) is 14.0. The minimum atomic E-state index is -1.17. The molecule has 0 bridgehead atoms. The zero-order chi connectivity index (χ0) is 34.6. The van der Waals surface area contributed by atoms with Gasteiger partial charge in [-0.2, -0.15) is 0 Å². The Bertz CT molecular complexity index is 2830. The van der Waals surface area contributed by atoms with Crippen LogP contribution in [0, 0.1) is 0 Å². The van der Waals surface area contributed by atoms with Crippen molar-refractivity contribution in [2.75, 3.05) is 0 Å². The van der Waals surface area contributed by atoms with E-state index in [9.17, 15) is 0 Å². The fourth-order valence-corrected chi connectivity index (χ4v) is 14.5. The van der Waals surface area contributed by atoms with Gasteiger partial charge in [-0.15, -0.1) is 0 Å². The van der Waals surface area contributed by atoms with E-state index in [0.29, 0.717) is 16.5 Å². The monoisotopic (exact) mass is 784 g/mol. The summed E-state index contributed by atoms with van der Waals surface area (Å²) >= 11 is -0.578. The van der Waals surface area contributed by atoms with Crippen molar-refractivity contribution in [3.8, 4) is 66.8 Å². The van der Waals surface area contributed by atoms with Crippen molar-refractivity contribution in [2.24, 2.45) is 0 Å². The minimum absolute atomic E-state index is 0.595. The summed E-state index contributed by atoms with van der Waals surface area (Å²) in [6.45, 7) is 0. The molecule has 0 saturated heterocycles. The number of rotatable bonds is 5. The van der Waals surface area contributed by atoms with Crippen LogP contribution in [0.3, 0.4) is 0 Å². The van der Waals surface area contributed by atoms with E-state index in [1.807, 2.05) is 0 Å². The van der Waals surface area contributed by atoms with Crippen molar-refractivity contribution < 1.29 is 0 Å². The maximum atomic E-state index is 2.51. The Morgan fingerprint density at radius 1 is 0.308 bits per heavy atom. The third-order valence-electron chi connectivity index (χ3n) is 11.1. The van der Waals surface area contributed by atoms with Gasteiger partial charge in [0.1, 0.15) is 0 Å². The normalized spacial score (nSPS) is 12.4. The molecule has 0 fully saturated rings. The first kappa shape index (κ1) is 31.3. The van der Waals surface area contributed by atoms with Crippen LogP contribution < -0.4 is 13.2 Å². The molecule has 1 aliphatic heterocycles. The van der Waals surface area contributed by atoms with Crippen LogP contribution in [0.5, 0.6) is 0 Å². The summed E-state index contributed by atoms with van der Waals surface area (Å²) < 4.78 is 4.68. The molecule has 1 heterocycles. The summed E-state index contributed by atoms with van der Waals surface area (Å²) in [5.74, 6) is 0. The zero-order valence-electron chi connectivity index (χ0n) is 29.1. The van der Waals surface area contributed by atoms with Crippen LogP contribution in [0.1, 0.15) is 0 Å². The molecule has 0 amide bonds. The number of benzene rings is 9. The van der Waals surface area contributed by atoms with E-state index in [2.05, 4.69) is 188 Å². The molecule has 0 spiro atoms. The summed E-state index contributed by atoms with van der Waals surface area (Å²) in [5.41, 5.74) is 15.9. The Balaban J connectivity index is 1.29. The summed E-state index contributed by atoms with van der Waals surface area (Å²) in [7, 11) is 0. The molecule has 244 valence electrons. The SMILES string of the molecule is [GeH3][c]1ccccc1-c1cccc(-c2cccc3c(-c4ccccc4-c4ccccc4)c4cccc(-c5cccc6[c]5[GeH2][c]5ccccc5-6)c4cc23)c1. The van der Waals surface area contributed by atoms with Gasteiger partial charge in [0.25, 0.3) is 0 Å². The third kappa shape index (κ3) is 5.20. The van der Waals surface area contributed by atoms with E-state index in [1.165, 1.54) is 92.7 Å². The molecule has 0 saturated carbocycles. The number of fused-ring (bicyclic) bond motifs is 5. The standard InChI is InChI=1S/C50H36Ge2/c51-47-28-8-6-19-37(47)34-17-10-16-33(30-34)36-22-11-24-41-45(36)31-46-38(43-26-13-27-44-39-20-7-9-29-48(39)52-50(43)44)23-12-25-42(46)49(41)40-21-5-4-18-35(40)32-14-2-1-3-15-32/h1-31H,52H2,51H3. The van der Waals surface area contributed by atoms with Crippen LogP contribution >= 0.6 is 0 Å². The van der Waals surface area contributed by atoms with Crippen LogP contribution in [0.2, 0.25) is 0 Å². The van der Waals surface area contributed by atoms with Crippen molar-refractivity contribution in [1.29, 1.82) is 0 Å². The Kier molecular flexibility index (Phi) is 7.82. The van der Waals surface area contributed by atoms with E-state index < -0.39 is 15.4 Å².